The lowest BCUT2D eigenvalue weighted by molar-refractivity contribution is -0.143. The Morgan fingerprint density at radius 3 is 2.61 bits per heavy atom. The number of ether oxygens (including phenoxy) is 1. The van der Waals surface area contributed by atoms with E-state index in [1.165, 1.54) is 6.20 Å². The number of carbonyl (C=O) groups excluding carboxylic acids is 1. The van der Waals surface area contributed by atoms with Gasteiger partial charge in [-0.3, -0.25) is 4.79 Å². The van der Waals surface area contributed by atoms with Crippen LogP contribution in [0.2, 0.25) is 0 Å². The molecule has 0 saturated carbocycles. The van der Waals surface area contributed by atoms with Gasteiger partial charge in [-0.1, -0.05) is 6.92 Å². The van der Waals surface area contributed by atoms with E-state index >= 15 is 0 Å². The van der Waals surface area contributed by atoms with E-state index in [1.807, 2.05) is 0 Å². The van der Waals surface area contributed by atoms with Crippen molar-refractivity contribution in [1.82, 2.24) is 9.29 Å². The van der Waals surface area contributed by atoms with Crippen molar-refractivity contribution in [3.05, 3.63) is 11.2 Å². The average Bonchev–Trinajstić information content (AvgIpc) is 2.73. The molecule has 0 radical (unpaired) electrons. The number of carbonyl (C=O) groups is 1. The molecule has 0 saturated heterocycles. The third kappa shape index (κ3) is 3.50. The molecule has 1 heterocycles. The number of hydrogen-bond donors (Lipinski definition) is 0. The maximum absolute atomic E-state index is 12.2. The van der Waals surface area contributed by atoms with Gasteiger partial charge in [-0.15, -0.1) is 11.3 Å². The summed E-state index contributed by atoms with van der Waals surface area (Å²) >= 11 is 1.09. The van der Waals surface area contributed by atoms with Gasteiger partial charge in [0.05, 0.1) is 17.8 Å². The topological polar surface area (TPSA) is 76.6 Å². The number of thiazole rings is 1. The molecule has 0 aliphatic heterocycles. The number of hydrogen-bond acceptors (Lipinski definition) is 6. The van der Waals surface area contributed by atoms with Gasteiger partial charge >= 0.3 is 5.97 Å². The van der Waals surface area contributed by atoms with Gasteiger partial charge in [0.1, 0.15) is 6.54 Å². The van der Waals surface area contributed by atoms with E-state index in [4.69, 9.17) is 4.74 Å². The number of likely N-dealkylation sites (N-methyl/N-ethyl adjacent to an activating group) is 1. The Balaban J connectivity index is 2.90. The van der Waals surface area contributed by atoms with Crippen LogP contribution in [0.5, 0.6) is 0 Å². The standard InChI is InChI=1S/C10H16N2O4S2/c1-4-12(7-9(13)16-5-2)18(14,15)10-6-11-8(3)17-10/h6H,4-5,7H2,1-3H3. The van der Waals surface area contributed by atoms with E-state index in [0.717, 1.165) is 15.6 Å². The summed E-state index contributed by atoms with van der Waals surface area (Å²) in [6.45, 7) is 5.24. The van der Waals surface area contributed by atoms with Crippen LogP contribution in [0.15, 0.2) is 10.4 Å². The van der Waals surface area contributed by atoms with Gasteiger partial charge in [-0.25, -0.2) is 13.4 Å². The molecule has 1 aromatic heterocycles. The summed E-state index contributed by atoms with van der Waals surface area (Å²) in [5, 5.41) is 0.667. The fourth-order valence-electron chi connectivity index (χ4n) is 1.31. The van der Waals surface area contributed by atoms with Gasteiger partial charge in [0.2, 0.25) is 0 Å². The van der Waals surface area contributed by atoms with E-state index in [1.54, 1.807) is 20.8 Å². The molecule has 0 spiro atoms. The molecule has 0 atom stereocenters. The Hall–Kier alpha value is -0.990. The van der Waals surface area contributed by atoms with Crippen LogP contribution < -0.4 is 0 Å². The lowest BCUT2D eigenvalue weighted by Crippen LogP contribution is -2.36. The minimum atomic E-state index is -3.66. The lowest BCUT2D eigenvalue weighted by atomic mass is 10.6. The number of sulfonamides is 1. The molecule has 0 aromatic carbocycles. The van der Waals surface area contributed by atoms with E-state index in [-0.39, 0.29) is 23.9 Å². The van der Waals surface area contributed by atoms with E-state index in [0.29, 0.717) is 5.01 Å². The zero-order valence-corrected chi connectivity index (χ0v) is 12.2. The van der Waals surface area contributed by atoms with E-state index in [9.17, 15) is 13.2 Å². The number of rotatable bonds is 6. The van der Waals surface area contributed by atoms with Crippen molar-refractivity contribution >= 4 is 27.3 Å². The number of aromatic nitrogens is 1. The summed E-state index contributed by atoms with van der Waals surface area (Å²) in [4.78, 5) is 15.3. The second-order valence-electron chi connectivity index (χ2n) is 3.43. The highest BCUT2D eigenvalue weighted by atomic mass is 32.2. The first-order valence-corrected chi connectivity index (χ1v) is 7.75. The van der Waals surface area contributed by atoms with Crippen molar-refractivity contribution in [3.63, 3.8) is 0 Å². The van der Waals surface area contributed by atoms with Gasteiger partial charge in [-0.05, 0) is 13.8 Å². The fourth-order valence-corrected chi connectivity index (χ4v) is 3.96. The first kappa shape index (κ1) is 15.1. The predicted molar refractivity (Wildman–Crippen MR) is 67.9 cm³/mol. The highest BCUT2D eigenvalue weighted by Crippen LogP contribution is 2.21. The van der Waals surface area contributed by atoms with Crippen molar-refractivity contribution in [3.8, 4) is 0 Å². The first-order valence-electron chi connectivity index (χ1n) is 5.50. The second-order valence-corrected chi connectivity index (χ2v) is 6.83. The van der Waals surface area contributed by atoms with Gasteiger partial charge < -0.3 is 4.74 Å². The van der Waals surface area contributed by atoms with Crippen molar-refractivity contribution in [2.24, 2.45) is 0 Å². The quantitative estimate of drug-likeness (QED) is 0.732. The zero-order valence-electron chi connectivity index (χ0n) is 10.5. The van der Waals surface area contributed by atoms with Crippen LogP contribution in [0, 0.1) is 6.92 Å². The zero-order chi connectivity index (χ0) is 13.8. The first-order chi connectivity index (χ1) is 8.41. The fraction of sp³-hybridized carbons (Fsp3) is 0.600. The van der Waals surface area contributed by atoms with Gasteiger partial charge in [0, 0.05) is 6.54 Å². The molecule has 0 N–H and O–H groups in total. The maximum atomic E-state index is 12.2. The molecule has 102 valence electrons. The number of aryl methyl sites for hydroxylation is 1. The van der Waals surface area contributed by atoms with Crippen LogP contribution in [0.3, 0.4) is 0 Å². The molecule has 1 rings (SSSR count). The average molecular weight is 292 g/mol. The molecule has 0 fully saturated rings. The van der Waals surface area contributed by atoms with Crippen molar-refractivity contribution in [2.75, 3.05) is 19.7 Å². The summed E-state index contributed by atoms with van der Waals surface area (Å²) in [5.74, 6) is -0.552. The molecule has 1 aromatic rings. The Bertz CT molecular complexity index is 510. The predicted octanol–water partition coefficient (Wildman–Crippen LogP) is 1.03. The minimum absolute atomic E-state index is 0.145. The third-order valence-electron chi connectivity index (χ3n) is 2.16. The summed E-state index contributed by atoms with van der Waals surface area (Å²) in [5.41, 5.74) is 0. The maximum Gasteiger partial charge on any atom is 0.321 e. The minimum Gasteiger partial charge on any atom is -0.465 e. The SMILES string of the molecule is CCOC(=O)CN(CC)S(=O)(=O)c1cnc(C)s1. The molecule has 8 heteroatoms. The molecule has 0 bridgehead atoms. The summed E-state index contributed by atoms with van der Waals surface area (Å²) < 4.78 is 30.4. The summed E-state index contributed by atoms with van der Waals surface area (Å²) in [6.07, 6.45) is 1.31. The van der Waals surface area contributed by atoms with Crippen LogP contribution in [0.25, 0.3) is 0 Å². The molecular formula is C10H16N2O4S2. The smallest absolute Gasteiger partial charge is 0.321 e. The second kappa shape index (κ2) is 6.26. The van der Waals surface area contributed by atoms with Gasteiger partial charge in [-0.2, -0.15) is 4.31 Å². The molecule has 18 heavy (non-hydrogen) atoms. The van der Waals surface area contributed by atoms with Gasteiger partial charge in [0.15, 0.2) is 4.21 Å². The Morgan fingerprint density at radius 2 is 2.17 bits per heavy atom. The molecule has 0 aliphatic carbocycles. The normalized spacial score (nSPS) is 11.8. The summed E-state index contributed by atoms with van der Waals surface area (Å²) in [6, 6.07) is 0. The summed E-state index contributed by atoms with van der Waals surface area (Å²) in [7, 11) is -3.66. The van der Waals surface area contributed by atoms with Crippen LogP contribution in [-0.4, -0.2) is 43.4 Å². The Kier molecular flexibility index (Phi) is 5.24. The largest absolute Gasteiger partial charge is 0.465 e. The van der Waals surface area contributed by atoms with Crippen molar-refractivity contribution in [1.29, 1.82) is 0 Å². The van der Waals surface area contributed by atoms with Gasteiger partial charge in [0.25, 0.3) is 10.0 Å². The number of nitrogens with zero attached hydrogens (tertiary/aromatic N) is 2. The molecular weight excluding hydrogens is 276 g/mol. The molecule has 0 aliphatic rings. The highest BCUT2D eigenvalue weighted by Gasteiger charge is 2.27. The number of esters is 1. The Morgan fingerprint density at radius 1 is 1.50 bits per heavy atom. The highest BCUT2D eigenvalue weighted by molar-refractivity contribution is 7.91. The monoisotopic (exact) mass is 292 g/mol. The van der Waals surface area contributed by atoms with E-state index < -0.39 is 16.0 Å². The van der Waals surface area contributed by atoms with E-state index in [2.05, 4.69) is 4.98 Å². The van der Waals surface area contributed by atoms with Crippen molar-refractivity contribution < 1.29 is 17.9 Å². The third-order valence-corrected chi connectivity index (χ3v) is 5.43. The molecule has 6 nitrogen and oxygen atoms in total. The van der Waals surface area contributed by atoms with Crippen LogP contribution in [0.1, 0.15) is 18.9 Å². The van der Waals surface area contributed by atoms with Crippen LogP contribution in [-0.2, 0) is 19.6 Å². The van der Waals surface area contributed by atoms with Crippen LogP contribution in [0.4, 0.5) is 0 Å². The lowest BCUT2D eigenvalue weighted by Gasteiger charge is -2.17. The molecule has 0 amide bonds. The van der Waals surface area contributed by atoms with Crippen molar-refractivity contribution in [2.45, 2.75) is 25.0 Å². The van der Waals surface area contributed by atoms with Crippen LogP contribution >= 0.6 is 11.3 Å². The Labute approximate surface area is 111 Å². The molecule has 0 unspecified atom stereocenters.